The van der Waals surface area contributed by atoms with Gasteiger partial charge in [0.05, 0.1) is 29.5 Å². The molecule has 262 valence electrons. The number of nitrogens with zero attached hydrogens (tertiary/aromatic N) is 7. The Balaban J connectivity index is 1.31. The van der Waals surface area contributed by atoms with E-state index in [1.54, 1.807) is 32.9 Å². The molecule has 2 aromatic carbocycles. The lowest BCUT2D eigenvalue weighted by atomic mass is 9.95. The van der Waals surface area contributed by atoms with Gasteiger partial charge in [0.15, 0.2) is 17.5 Å². The van der Waals surface area contributed by atoms with Crippen LogP contribution in [0.15, 0.2) is 36.5 Å². The van der Waals surface area contributed by atoms with Crippen LogP contribution in [0.5, 0.6) is 6.01 Å². The largest absolute Gasteiger partial charge is 0.461 e. The van der Waals surface area contributed by atoms with Gasteiger partial charge in [-0.25, -0.2) is 22.4 Å². The van der Waals surface area contributed by atoms with Crippen LogP contribution in [0.2, 0.25) is 0 Å². The van der Waals surface area contributed by atoms with Gasteiger partial charge in [-0.1, -0.05) is 24.3 Å². The second kappa shape index (κ2) is 12.8. The molecule has 3 aliphatic rings. The van der Waals surface area contributed by atoms with E-state index in [0.717, 1.165) is 25.5 Å². The summed E-state index contributed by atoms with van der Waals surface area (Å²) in [6.45, 7) is 7.06. The van der Waals surface area contributed by atoms with Gasteiger partial charge in [0, 0.05) is 49.7 Å². The smallest absolute Gasteiger partial charge is 0.410 e. The molecule has 3 aliphatic heterocycles. The number of piperazine rings is 1. The molecular formula is C36H37F4N7O3. The number of halogens is 4. The molecule has 4 aromatic rings. The Hall–Kier alpha value is -4.77. The molecule has 0 aliphatic carbocycles. The standard InChI is InChI=1S/C36H37F4N7O3/c1-35(2,3)50-34(48)47-15-14-45(19-23(47)10-12-41)32-25-17-42-30(24-7-4-6-21-8-9-26(38)28(39)27(21)24)29(40)31(25)43-33(44-32)49-20-36-11-5-13-46(36)18-22(37)16-36/h4,6-9,17,22-23H,5,10-11,13-16,18-20H2,1-3H3/t22-,23+,36+/m1/s1. The van der Waals surface area contributed by atoms with Crippen molar-refractivity contribution in [3.8, 4) is 23.3 Å². The molecular weight excluding hydrogens is 654 g/mol. The summed E-state index contributed by atoms with van der Waals surface area (Å²) in [7, 11) is 0. The molecule has 7 rings (SSSR count). The van der Waals surface area contributed by atoms with Crippen molar-refractivity contribution < 1.29 is 31.8 Å². The van der Waals surface area contributed by atoms with Crippen LogP contribution in [-0.4, -0.2) is 93.5 Å². The summed E-state index contributed by atoms with van der Waals surface area (Å²) < 4.78 is 72.6. The predicted octanol–water partition coefficient (Wildman–Crippen LogP) is 6.56. The fourth-order valence-electron chi connectivity index (χ4n) is 7.56. The minimum atomic E-state index is -1.12. The Morgan fingerprint density at radius 3 is 2.68 bits per heavy atom. The van der Waals surface area contributed by atoms with E-state index in [1.807, 2.05) is 4.90 Å². The Labute approximate surface area is 286 Å². The number of rotatable bonds is 6. The van der Waals surface area contributed by atoms with Crippen LogP contribution in [0.25, 0.3) is 32.9 Å². The summed E-state index contributed by atoms with van der Waals surface area (Å²) in [5, 5.41) is 10.1. The Kier molecular flexibility index (Phi) is 8.66. The number of alkyl halides is 1. The van der Waals surface area contributed by atoms with Gasteiger partial charge in [0.1, 0.15) is 35.4 Å². The van der Waals surface area contributed by atoms with E-state index in [1.165, 1.54) is 23.2 Å². The molecule has 3 saturated heterocycles. The van der Waals surface area contributed by atoms with Crippen molar-refractivity contribution in [2.45, 2.75) is 69.8 Å². The summed E-state index contributed by atoms with van der Waals surface area (Å²) in [6.07, 6.45) is 1.79. The number of pyridine rings is 1. The Bertz CT molecular complexity index is 2020. The second-order valence-corrected chi connectivity index (χ2v) is 14.3. The average Bonchev–Trinajstić information content (AvgIpc) is 3.60. The van der Waals surface area contributed by atoms with Crippen molar-refractivity contribution in [2.24, 2.45) is 0 Å². The second-order valence-electron chi connectivity index (χ2n) is 14.3. The van der Waals surface area contributed by atoms with Crippen LogP contribution >= 0.6 is 0 Å². The summed E-state index contributed by atoms with van der Waals surface area (Å²) in [6, 6.07) is 8.51. The molecule has 3 fully saturated rings. The lowest BCUT2D eigenvalue weighted by Crippen LogP contribution is -2.56. The minimum absolute atomic E-state index is 0.00479. The summed E-state index contributed by atoms with van der Waals surface area (Å²) >= 11 is 0. The van der Waals surface area contributed by atoms with E-state index >= 15 is 8.78 Å². The first-order valence-corrected chi connectivity index (χ1v) is 16.7. The first kappa shape index (κ1) is 33.7. The predicted molar refractivity (Wildman–Crippen MR) is 178 cm³/mol. The lowest BCUT2D eigenvalue weighted by Gasteiger charge is -2.41. The highest BCUT2D eigenvalue weighted by atomic mass is 19.2. The quantitative estimate of drug-likeness (QED) is 0.208. The molecule has 5 heterocycles. The zero-order valence-corrected chi connectivity index (χ0v) is 28.1. The molecule has 0 saturated carbocycles. The molecule has 50 heavy (non-hydrogen) atoms. The van der Waals surface area contributed by atoms with Gasteiger partial charge in [0.25, 0.3) is 0 Å². The van der Waals surface area contributed by atoms with E-state index in [0.29, 0.717) is 18.4 Å². The van der Waals surface area contributed by atoms with Crippen molar-refractivity contribution in [1.29, 1.82) is 5.26 Å². The van der Waals surface area contributed by atoms with Crippen LogP contribution in [0.1, 0.15) is 46.5 Å². The van der Waals surface area contributed by atoms with Crippen molar-refractivity contribution in [3.63, 3.8) is 0 Å². The third kappa shape index (κ3) is 6.12. The zero-order chi connectivity index (χ0) is 35.4. The lowest BCUT2D eigenvalue weighted by molar-refractivity contribution is 0.0145. The SMILES string of the molecule is CC(C)(C)OC(=O)N1CCN(c2nc(OC[C@@]34CCCN3C[C@H](F)C4)nc3c(F)c(-c4cccc5ccc(F)c(F)c45)ncc23)C[C@@H]1CC#N. The van der Waals surface area contributed by atoms with Gasteiger partial charge in [-0.05, 0) is 51.6 Å². The fraction of sp³-hybridized carbons (Fsp3) is 0.472. The monoisotopic (exact) mass is 691 g/mol. The number of fused-ring (bicyclic) bond motifs is 3. The van der Waals surface area contributed by atoms with E-state index in [2.05, 4.69) is 20.9 Å². The van der Waals surface area contributed by atoms with E-state index < -0.39 is 46.9 Å². The van der Waals surface area contributed by atoms with Crippen LogP contribution < -0.4 is 9.64 Å². The highest BCUT2D eigenvalue weighted by Crippen LogP contribution is 2.41. The van der Waals surface area contributed by atoms with Gasteiger partial charge in [-0.2, -0.15) is 15.2 Å². The molecule has 0 N–H and O–H groups in total. The number of hydrogen-bond acceptors (Lipinski definition) is 9. The van der Waals surface area contributed by atoms with Gasteiger partial charge in [-0.15, -0.1) is 0 Å². The minimum Gasteiger partial charge on any atom is -0.461 e. The number of carbonyl (C=O) groups excluding carboxylic acids is 1. The summed E-state index contributed by atoms with van der Waals surface area (Å²) in [5.74, 6) is -2.83. The summed E-state index contributed by atoms with van der Waals surface area (Å²) in [5.41, 5.74) is -1.62. The highest BCUT2D eigenvalue weighted by Gasteiger charge is 2.49. The number of hydrogen-bond donors (Lipinski definition) is 0. The van der Waals surface area contributed by atoms with Crippen molar-refractivity contribution in [2.75, 3.05) is 44.2 Å². The molecule has 2 aromatic heterocycles. The molecule has 0 bridgehead atoms. The molecule has 3 atom stereocenters. The molecule has 1 amide bonds. The fourth-order valence-corrected chi connectivity index (χ4v) is 7.56. The molecule has 0 radical (unpaired) electrons. The first-order valence-electron chi connectivity index (χ1n) is 16.7. The van der Waals surface area contributed by atoms with Gasteiger partial charge >= 0.3 is 12.1 Å². The van der Waals surface area contributed by atoms with Crippen LogP contribution in [0.4, 0.5) is 28.2 Å². The van der Waals surface area contributed by atoms with Crippen molar-refractivity contribution >= 4 is 33.6 Å². The third-order valence-electron chi connectivity index (χ3n) is 9.80. The van der Waals surface area contributed by atoms with Crippen LogP contribution in [0, 0.1) is 28.8 Å². The maximum Gasteiger partial charge on any atom is 0.410 e. The molecule has 14 heteroatoms. The zero-order valence-electron chi connectivity index (χ0n) is 28.1. The van der Waals surface area contributed by atoms with Crippen LogP contribution in [0.3, 0.4) is 0 Å². The van der Waals surface area contributed by atoms with Crippen molar-refractivity contribution in [3.05, 3.63) is 54.0 Å². The average molecular weight is 692 g/mol. The number of aromatic nitrogens is 3. The number of ether oxygens (including phenoxy) is 2. The Morgan fingerprint density at radius 1 is 1.08 bits per heavy atom. The van der Waals surface area contributed by atoms with E-state index in [-0.39, 0.29) is 72.0 Å². The number of anilines is 1. The molecule has 10 nitrogen and oxygen atoms in total. The van der Waals surface area contributed by atoms with Crippen molar-refractivity contribution in [1.82, 2.24) is 24.8 Å². The molecule has 0 unspecified atom stereocenters. The maximum absolute atomic E-state index is 16.8. The van der Waals surface area contributed by atoms with Gasteiger partial charge < -0.3 is 19.3 Å². The third-order valence-corrected chi connectivity index (χ3v) is 9.80. The number of nitriles is 1. The maximum atomic E-state index is 16.8. The Morgan fingerprint density at radius 2 is 1.90 bits per heavy atom. The molecule has 0 spiro atoms. The normalized spacial score (nSPS) is 22.6. The number of carbonyl (C=O) groups is 1. The summed E-state index contributed by atoms with van der Waals surface area (Å²) in [4.78, 5) is 32.1. The highest BCUT2D eigenvalue weighted by molar-refractivity contribution is 5.99. The van der Waals surface area contributed by atoms with Crippen LogP contribution in [-0.2, 0) is 4.74 Å². The van der Waals surface area contributed by atoms with Gasteiger partial charge in [-0.3, -0.25) is 9.88 Å². The van der Waals surface area contributed by atoms with E-state index in [4.69, 9.17) is 14.5 Å². The number of amides is 1. The van der Waals surface area contributed by atoms with Gasteiger partial charge in [0.2, 0.25) is 0 Å². The topological polar surface area (TPSA) is 108 Å². The first-order chi connectivity index (χ1) is 23.9. The number of benzene rings is 2. The van der Waals surface area contributed by atoms with E-state index in [9.17, 15) is 18.8 Å².